The summed E-state index contributed by atoms with van der Waals surface area (Å²) >= 11 is 16.8. The van der Waals surface area contributed by atoms with E-state index in [0.29, 0.717) is 19.1 Å². The lowest BCUT2D eigenvalue weighted by Gasteiger charge is -2.16. The summed E-state index contributed by atoms with van der Waals surface area (Å²) in [5.74, 6) is 2.37. The Morgan fingerprint density at radius 1 is 1.10 bits per heavy atom. The Bertz CT molecular complexity index is 444. The van der Waals surface area contributed by atoms with Crippen LogP contribution >= 0.6 is 34.8 Å². The lowest BCUT2D eigenvalue weighted by atomic mass is 10.0. The van der Waals surface area contributed by atoms with Crippen molar-refractivity contribution in [3.05, 3.63) is 33.8 Å². The number of hydrogen-bond donors (Lipinski definition) is 0. The molecule has 0 radical (unpaired) electrons. The van der Waals surface area contributed by atoms with Gasteiger partial charge in [-0.1, -0.05) is 37.0 Å². The quantitative estimate of drug-likeness (QED) is 0.431. The molecule has 0 atom stereocenters. The van der Waals surface area contributed by atoms with Gasteiger partial charge in [-0.15, -0.1) is 11.6 Å². The van der Waals surface area contributed by atoms with E-state index in [9.17, 15) is 0 Å². The maximum absolute atomic E-state index is 5.89. The second kappa shape index (κ2) is 10.2. The zero-order chi connectivity index (χ0) is 15.7. The van der Waals surface area contributed by atoms with E-state index in [2.05, 4.69) is 13.8 Å². The molecule has 0 spiro atoms. The van der Waals surface area contributed by atoms with Crippen LogP contribution in [0.4, 0.5) is 0 Å². The van der Waals surface area contributed by atoms with Crippen LogP contribution in [0.2, 0.25) is 0 Å². The van der Waals surface area contributed by atoms with Crippen molar-refractivity contribution in [2.45, 2.75) is 33.1 Å². The first-order valence-corrected chi connectivity index (χ1v) is 8.39. The average Bonchev–Trinajstić information content (AvgIpc) is 2.47. The number of alkyl halides is 1. The fourth-order valence-electron chi connectivity index (χ4n) is 1.95. The molecule has 0 aromatic heterocycles. The molecule has 1 rings (SSSR count). The van der Waals surface area contributed by atoms with Gasteiger partial charge in [0.25, 0.3) is 0 Å². The van der Waals surface area contributed by atoms with Gasteiger partial charge >= 0.3 is 0 Å². The van der Waals surface area contributed by atoms with Gasteiger partial charge in [0.05, 0.1) is 6.61 Å². The highest BCUT2D eigenvalue weighted by Crippen LogP contribution is 2.31. The van der Waals surface area contributed by atoms with Crippen LogP contribution in [0.25, 0.3) is 0 Å². The number of rotatable bonds is 9. The molecule has 118 valence electrons. The largest absolute Gasteiger partial charge is 0.493 e. The normalized spacial score (nSPS) is 10.3. The van der Waals surface area contributed by atoms with Gasteiger partial charge in [0.2, 0.25) is 0 Å². The molecule has 0 amide bonds. The van der Waals surface area contributed by atoms with Gasteiger partial charge in [-0.25, -0.2) is 0 Å². The summed E-state index contributed by atoms with van der Waals surface area (Å²) in [4.78, 5) is 0. The minimum atomic E-state index is 0.211. The molecule has 0 saturated carbocycles. The van der Waals surface area contributed by atoms with E-state index < -0.39 is 0 Å². The smallest absolute Gasteiger partial charge is 0.125 e. The molecule has 1 aromatic carbocycles. The fraction of sp³-hybridized carbons (Fsp3) is 0.500. The van der Waals surface area contributed by atoms with Crippen molar-refractivity contribution in [2.75, 3.05) is 19.1 Å². The predicted octanol–water partition coefficient (Wildman–Crippen LogP) is 5.52. The predicted molar refractivity (Wildman–Crippen MR) is 91.3 cm³/mol. The Balaban J connectivity index is 2.91. The molecular formula is C16H21Cl3O2. The number of ether oxygens (including phenoxy) is 2. The van der Waals surface area contributed by atoms with Crippen LogP contribution in [0.3, 0.4) is 0 Å². The van der Waals surface area contributed by atoms with E-state index in [1.54, 1.807) is 6.08 Å². The Hall–Kier alpha value is -0.570. The SMILES string of the molecule is CCc1cc(OCC=C(Cl)Cl)cc(CC)c1OCCCCl. The van der Waals surface area contributed by atoms with Crippen LogP contribution in [0.15, 0.2) is 22.7 Å². The first-order chi connectivity index (χ1) is 10.1. The summed E-state index contributed by atoms with van der Waals surface area (Å²) in [7, 11) is 0. The summed E-state index contributed by atoms with van der Waals surface area (Å²) in [6.45, 7) is 5.18. The first-order valence-electron chi connectivity index (χ1n) is 7.10. The highest BCUT2D eigenvalue weighted by molar-refractivity contribution is 6.55. The van der Waals surface area contributed by atoms with E-state index in [0.717, 1.165) is 41.9 Å². The van der Waals surface area contributed by atoms with Gasteiger partial charge in [-0.05, 0) is 48.6 Å². The minimum Gasteiger partial charge on any atom is -0.493 e. The molecule has 0 aliphatic carbocycles. The molecule has 0 aliphatic heterocycles. The van der Waals surface area contributed by atoms with Gasteiger partial charge in [-0.3, -0.25) is 0 Å². The molecule has 0 bridgehead atoms. The third-order valence-corrected chi connectivity index (χ3v) is 3.57. The highest BCUT2D eigenvalue weighted by Gasteiger charge is 2.11. The summed E-state index contributed by atoms with van der Waals surface area (Å²) < 4.78 is 11.8. The summed E-state index contributed by atoms with van der Waals surface area (Å²) in [6, 6.07) is 4.01. The number of halogens is 3. The van der Waals surface area contributed by atoms with Crippen LogP contribution in [0.1, 0.15) is 31.4 Å². The van der Waals surface area contributed by atoms with Crippen LogP contribution in [0, 0.1) is 0 Å². The van der Waals surface area contributed by atoms with Crippen molar-refractivity contribution in [1.82, 2.24) is 0 Å². The van der Waals surface area contributed by atoms with Crippen molar-refractivity contribution < 1.29 is 9.47 Å². The second-order valence-corrected chi connectivity index (χ2v) is 5.86. The zero-order valence-corrected chi connectivity index (χ0v) is 14.7. The summed E-state index contributed by atoms with van der Waals surface area (Å²) in [6.07, 6.45) is 4.22. The number of aryl methyl sites for hydroxylation is 2. The van der Waals surface area contributed by atoms with E-state index in [-0.39, 0.29) is 4.49 Å². The molecule has 21 heavy (non-hydrogen) atoms. The van der Waals surface area contributed by atoms with Crippen LogP contribution in [-0.2, 0) is 12.8 Å². The van der Waals surface area contributed by atoms with Crippen molar-refractivity contribution in [2.24, 2.45) is 0 Å². The molecular weight excluding hydrogens is 331 g/mol. The minimum absolute atomic E-state index is 0.211. The summed E-state index contributed by atoms with van der Waals surface area (Å²) in [5.41, 5.74) is 2.28. The second-order valence-electron chi connectivity index (χ2n) is 4.47. The Morgan fingerprint density at radius 3 is 2.19 bits per heavy atom. The molecule has 0 saturated heterocycles. The number of benzene rings is 1. The maximum atomic E-state index is 5.89. The Kier molecular flexibility index (Phi) is 8.98. The lowest BCUT2D eigenvalue weighted by Crippen LogP contribution is -2.05. The van der Waals surface area contributed by atoms with Gasteiger partial charge < -0.3 is 9.47 Å². The van der Waals surface area contributed by atoms with E-state index in [1.807, 2.05) is 12.1 Å². The zero-order valence-electron chi connectivity index (χ0n) is 12.4. The van der Waals surface area contributed by atoms with Crippen molar-refractivity contribution in [3.8, 4) is 11.5 Å². The average molecular weight is 352 g/mol. The Morgan fingerprint density at radius 2 is 1.71 bits per heavy atom. The van der Waals surface area contributed by atoms with Crippen LogP contribution in [0.5, 0.6) is 11.5 Å². The Labute approximate surface area is 142 Å². The molecule has 0 fully saturated rings. The monoisotopic (exact) mass is 350 g/mol. The third kappa shape index (κ3) is 6.37. The van der Waals surface area contributed by atoms with Crippen LogP contribution in [-0.4, -0.2) is 19.1 Å². The van der Waals surface area contributed by atoms with Gasteiger partial charge in [0.1, 0.15) is 22.6 Å². The van der Waals surface area contributed by atoms with Crippen molar-refractivity contribution in [3.63, 3.8) is 0 Å². The van der Waals surface area contributed by atoms with Crippen molar-refractivity contribution in [1.29, 1.82) is 0 Å². The molecule has 0 unspecified atom stereocenters. The maximum Gasteiger partial charge on any atom is 0.125 e. The van der Waals surface area contributed by atoms with Gasteiger partial charge in [0, 0.05) is 5.88 Å². The molecule has 5 heteroatoms. The molecule has 0 aliphatic rings. The van der Waals surface area contributed by atoms with E-state index in [1.165, 1.54) is 0 Å². The van der Waals surface area contributed by atoms with Gasteiger partial charge in [0.15, 0.2) is 0 Å². The number of hydrogen-bond acceptors (Lipinski definition) is 2. The lowest BCUT2D eigenvalue weighted by molar-refractivity contribution is 0.310. The fourth-order valence-corrected chi connectivity index (χ4v) is 2.18. The standard InChI is InChI=1S/C16H21Cl3O2/c1-3-12-10-14(20-9-6-15(18)19)11-13(4-2)16(12)21-8-5-7-17/h6,10-11H,3-5,7-9H2,1-2H3. The molecule has 0 N–H and O–H groups in total. The molecule has 2 nitrogen and oxygen atoms in total. The van der Waals surface area contributed by atoms with Gasteiger partial charge in [-0.2, -0.15) is 0 Å². The molecule has 1 aromatic rings. The van der Waals surface area contributed by atoms with E-state index >= 15 is 0 Å². The van der Waals surface area contributed by atoms with E-state index in [4.69, 9.17) is 44.3 Å². The topological polar surface area (TPSA) is 18.5 Å². The highest BCUT2D eigenvalue weighted by atomic mass is 35.5. The van der Waals surface area contributed by atoms with Crippen LogP contribution < -0.4 is 9.47 Å². The third-order valence-electron chi connectivity index (χ3n) is 2.99. The van der Waals surface area contributed by atoms with Crippen molar-refractivity contribution >= 4 is 34.8 Å². The molecule has 0 heterocycles. The summed E-state index contributed by atoms with van der Waals surface area (Å²) in [5, 5.41) is 0. The first kappa shape index (κ1) is 18.5.